The number of nitrogens with zero attached hydrogens (tertiary/aromatic N) is 2. The predicted octanol–water partition coefficient (Wildman–Crippen LogP) is 0.664. The minimum absolute atomic E-state index is 0.0298. The van der Waals surface area contributed by atoms with E-state index in [0.717, 1.165) is 25.7 Å². The van der Waals surface area contributed by atoms with Crippen molar-refractivity contribution in [1.29, 1.82) is 5.26 Å². The van der Waals surface area contributed by atoms with Crippen LogP contribution in [0.15, 0.2) is 0 Å². The second-order valence-electron chi connectivity index (χ2n) is 4.60. The monoisotopic (exact) mass is 208 g/mol. The second kappa shape index (κ2) is 3.82. The molecule has 1 N–H and O–H groups in total. The zero-order valence-electron chi connectivity index (χ0n) is 8.78. The molecule has 2 atom stereocenters. The molecule has 1 aliphatic carbocycles. The topological polar surface area (TPSA) is 64.3 Å². The first-order valence-electron chi connectivity index (χ1n) is 5.51. The van der Waals surface area contributed by atoms with E-state index in [1.54, 1.807) is 0 Å². The van der Waals surface area contributed by atoms with Crippen LogP contribution in [-0.4, -0.2) is 35.1 Å². The van der Waals surface area contributed by atoms with Crippen LogP contribution in [0.5, 0.6) is 0 Å². The fraction of sp³-hybridized carbons (Fsp3) is 0.818. The molecule has 1 heterocycles. The number of hydrogen-bond acceptors (Lipinski definition) is 3. The van der Waals surface area contributed by atoms with Gasteiger partial charge in [-0.15, -0.1) is 0 Å². The van der Waals surface area contributed by atoms with Gasteiger partial charge in [0.05, 0.1) is 12.7 Å². The van der Waals surface area contributed by atoms with Gasteiger partial charge in [0.1, 0.15) is 6.42 Å². The maximum Gasteiger partial charge on any atom is 0.237 e. The van der Waals surface area contributed by atoms with Gasteiger partial charge in [-0.1, -0.05) is 6.42 Å². The molecule has 1 saturated carbocycles. The highest BCUT2D eigenvalue weighted by atomic mass is 16.3. The van der Waals surface area contributed by atoms with Crippen LogP contribution in [0.3, 0.4) is 0 Å². The summed E-state index contributed by atoms with van der Waals surface area (Å²) in [5.41, 5.74) is -0.0505. The van der Waals surface area contributed by atoms with Gasteiger partial charge in [0.15, 0.2) is 0 Å². The SMILES string of the molecule is N#CCC(=O)N1CC[C@@]2(CO)CCC[C@@H]12. The van der Waals surface area contributed by atoms with Gasteiger partial charge < -0.3 is 10.0 Å². The number of likely N-dealkylation sites (tertiary alicyclic amines) is 1. The summed E-state index contributed by atoms with van der Waals surface area (Å²) in [5, 5.41) is 18.0. The fourth-order valence-corrected chi connectivity index (χ4v) is 3.13. The third-order valence-electron chi connectivity index (χ3n) is 3.95. The minimum Gasteiger partial charge on any atom is -0.396 e. The van der Waals surface area contributed by atoms with E-state index in [0.29, 0.717) is 6.54 Å². The second-order valence-corrected chi connectivity index (χ2v) is 4.60. The zero-order chi connectivity index (χ0) is 10.9. The number of hydrogen-bond donors (Lipinski definition) is 1. The van der Waals surface area contributed by atoms with Crippen molar-refractivity contribution in [2.24, 2.45) is 5.41 Å². The summed E-state index contributed by atoms with van der Waals surface area (Å²) in [4.78, 5) is 13.5. The number of fused-ring (bicyclic) bond motifs is 1. The van der Waals surface area contributed by atoms with Crippen LogP contribution in [0, 0.1) is 16.7 Å². The lowest BCUT2D eigenvalue weighted by atomic mass is 9.83. The molecule has 2 rings (SSSR count). The third kappa shape index (κ3) is 1.51. The molecular formula is C11H16N2O2. The fourth-order valence-electron chi connectivity index (χ4n) is 3.13. The molecule has 1 amide bonds. The summed E-state index contributed by atoms with van der Waals surface area (Å²) in [6, 6.07) is 2.08. The summed E-state index contributed by atoms with van der Waals surface area (Å²) >= 11 is 0. The Bertz CT molecular complexity index is 310. The molecule has 0 unspecified atom stereocenters. The smallest absolute Gasteiger partial charge is 0.237 e. The summed E-state index contributed by atoms with van der Waals surface area (Å²) in [5.74, 6) is -0.0697. The lowest BCUT2D eigenvalue weighted by Gasteiger charge is -2.30. The Hall–Kier alpha value is -1.08. The van der Waals surface area contributed by atoms with Crippen LogP contribution < -0.4 is 0 Å². The van der Waals surface area contributed by atoms with Gasteiger partial charge >= 0.3 is 0 Å². The summed E-state index contributed by atoms with van der Waals surface area (Å²) in [6.45, 7) is 0.889. The lowest BCUT2D eigenvalue weighted by Crippen LogP contribution is -2.40. The van der Waals surface area contributed by atoms with E-state index >= 15 is 0 Å². The molecule has 0 spiro atoms. The summed E-state index contributed by atoms with van der Waals surface area (Å²) < 4.78 is 0. The highest BCUT2D eigenvalue weighted by Crippen LogP contribution is 2.48. The van der Waals surface area contributed by atoms with Gasteiger partial charge in [0.25, 0.3) is 0 Å². The van der Waals surface area contributed by atoms with Gasteiger partial charge in [-0.25, -0.2) is 0 Å². The zero-order valence-corrected chi connectivity index (χ0v) is 8.78. The molecule has 1 aliphatic heterocycles. The molecule has 82 valence electrons. The Balaban J connectivity index is 2.12. The number of aliphatic hydroxyl groups excluding tert-OH is 1. The quantitative estimate of drug-likeness (QED) is 0.725. The maximum absolute atomic E-state index is 11.7. The molecular weight excluding hydrogens is 192 g/mol. The molecule has 2 fully saturated rings. The van der Waals surface area contributed by atoms with Gasteiger partial charge in [0.2, 0.25) is 5.91 Å². The number of carbonyl (C=O) groups is 1. The molecule has 2 aliphatic rings. The first kappa shape index (κ1) is 10.4. The molecule has 4 heteroatoms. The first-order valence-corrected chi connectivity index (χ1v) is 5.51. The molecule has 1 saturated heterocycles. The van der Waals surface area contributed by atoms with Crippen molar-refractivity contribution < 1.29 is 9.90 Å². The van der Waals surface area contributed by atoms with Gasteiger partial charge in [-0.2, -0.15) is 5.26 Å². The van der Waals surface area contributed by atoms with Crippen LogP contribution in [0.2, 0.25) is 0 Å². The number of aliphatic hydroxyl groups is 1. The van der Waals surface area contributed by atoms with E-state index in [1.165, 1.54) is 0 Å². The van der Waals surface area contributed by atoms with Crippen molar-refractivity contribution in [3.8, 4) is 6.07 Å². The number of carbonyl (C=O) groups excluding carboxylic acids is 1. The van der Waals surface area contributed by atoms with Crippen LogP contribution in [-0.2, 0) is 4.79 Å². The molecule has 0 bridgehead atoms. The molecule has 0 radical (unpaired) electrons. The van der Waals surface area contributed by atoms with Crippen molar-refractivity contribution in [3.05, 3.63) is 0 Å². The van der Waals surface area contributed by atoms with E-state index < -0.39 is 0 Å². The summed E-state index contributed by atoms with van der Waals surface area (Å²) in [6.07, 6.45) is 3.95. The van der Waals surface area contributed by atoms with Crippen LogP contribution in [0.25, 0.3) is 0 Å². The van der Waals surface area contributed by atoms with Gasteiger partial charge in [-0.05, 0) is 19.3 Å². The Labute approximate surface area is 89.5 Å². The van der Waals surface area contributed by atoms with Gasteiger partial charge in [-0.3, -0.25) is 4.79 Å². The molecule has 15 heavy (non-hydrogen) atoms. The van der Waals surface area contributed by atoms with Crippen molar-refractivity contribution in [3.63, 3.8) is 0 Å². The van der Waals surface area contributed by atoms with Crippen LogP contribution in [0.1, 0.15) is 32.1 Å². The molecule has 4 nitrogen and oxygen atoms in total. The number of rotatable bonds is 2. The normalized spacial score (nSPS) is 33.9. The average Bonchev–Trinajstić information content (AvgIpc) is 2.75. The molecule has 0 aromatic rings. The van der Waals surface area contributed by atoms with E-state index in [2.05, 4.69) is 0 Å². The number of amides is 1. The minimum atomic E-state index is -0.0697. The first-order chi connectivity index (χ1) is 7.23. The van der Waals surface area contributed by atoms with Gasteiger partial charge in [0, 0.05) is 18.0 Å². The Kier molecular flexibility index (Phi) is 2.66. The number of nitriles is 1. The lowest BCUT2D eigenvalue weighted by molar-refractivity contribution is -0.131. The molecule has 0 aromatic heterocycles. The van der Waals surface area contributed by atoms with Crippen molar-refractivity contribution in [2.75, 3.05) is 13.2 Å². The van der Waals surface area contributed by atoms with E-state index in [-0.39, 0.29) is 30.4 Å². The van der Waals surface area contributed by atoms with Crippen molar-refractivity contribution in [2.45, 2.75) is 38.1 Å². The Morgan fingerprint density at radius 1 is 1.60 bits per heavy atom. The third-order valence-corrected chi connectivity index (χ3v) is 3.95. The highest BCUT2D eigenvalue weighted by molar-refractivity contribution is 5.79. The van der Waals surface area contributed by atoms with Crippen LogP contribution >= 0.6 is 0 Å². The average molecular weight is 208 g/mol. The van der Waals surface area contributed by atoms with Crippen molar-refractivity contribution >= 4 is 5.91 Å². The standard InChI is InChI=1S/C11H16N2O2/c12-6-3-10(15)13-7-5-11(8-14)4-1-2-9(11)13/h9,14H,1-5,7-8H2/t9-,11-/m1/s1. The highest BCUT2D eigenvalue weighted by Gasteiger charge is 2.51. The largest absolute Gasteiger partial charge is 0.396 e. The molecule has 0 aromatic carbocycles. The Morgan fingerprint density at radius 3 is 3.07 bits per heavy atom. The van der Waals surface area contributed by atoms with E-state index in [9.17, 15) is 9.90 Å². The predicted molar refractivity (Wildman–Crippen MR) is 53.7 cm³/mol. The maximum atomic E-state index is 11.7. The Morgan fingerprint density at radius 2 is 2.40 bits per heavy atom. The van der Waals surface area contributed by atoms with Crippen LogP contribution in [0.4, 0.5) is 0 Å². The van der Waals surface area contributed by atoms with E-state index in [4.69, 9.17) is 5.26 Å². The van der Waals surface area contributed by atoms with Crippen molar-refractivity contribution in [1.82, 2.24) is 4.90 Å². The van der Waals surface area contributed by atoms with E-state index in [1.807, 2.05) is 11.0 Å². The summed E-state index contributed by atoms with van der Waals surface area (Å²) in [7, 11) is 0.